The molecule has 3 N–H and O–H groups in total. The Morgan fingerprint density at radius 3 is 2.57 bits per heavy atom. The average molecular weight is 298 g/mol. The maximum absolute atomic E-state index is 12.6. The number of aromatic nitrogens is 1. The third-order valence-electron chi connectivity index (χ3n) is 2.50. The quantitative estimate of drug-likeness (QED) is 0.669. The Hall–Kier alpha value is -2.84. The minimum atomic E-state index is -4.48. The van der Waals surface area contributed by atoms with E-state index < -0.39 is 16.7 Å². The molecule has 0 amide bonds. The van der Waals surface area contributed by atoms with Gasteiger partial charge in [0, 0.05) is 5.69 Å². The van der Waals surface area contributed by atoms with E-state index in [-0.39, 0.29) is 23.0 Å². The van der Waals surface area contributed by atoms with Crippen LogP contribution in [0, 0.1) is 10.1 Å². The topological polar surface area (TPSA) is 94.1 Å². The lowest BCUT2D eigenvalue weighted by Gasteiger charge is -2.10. The summed E-state index contributed by atoms with van der Waals surface area (Å²) in [5, 5.41) is 13.2. The molecular formula is C12H9F3N4O2. The van der Waals surface area contributed by atoms with E-state index in [2.05, 4.69) is 10.3 Å². The number of anilines is 3. The number of benzene rings is 1. The Balaban J connectivity index is 2.32. The lowest BCUT2D eigenvalue weighted by Crippen LogP contribution is -2.05. The zero-order valence-corrected chi connectivity index (χ0v) is 10.4. The smallest absolute Gasteiger partial charge is 0.383 e. The standard InChI is InChI=1S/C12H9F3N4O2/c13-12(14,15)7-2-1-3-8(4-7)17-11-6-9(19(20)21)5-10(16)18-11/h1-6H,(H3,16,17,18). The molecule has 0 radical (unpaired) electrons. The Labute approximate surface area is 116 Å². The van der Waals surface area contributed by atoms with E-state index in [9.17, 15) is 23.3 Å². The maximum Gasteiger partial charge on any atom is 0.416 e. The molecule has 0 bridgehead atoms. The van der Waals surface area contributed by atoms with E-state index in [1.165, 1.54) is 12.1 Å². The minimum absolute atomic E-state index is 0.0129. The summed E-state index contributed by atoms with van der Waals surface area (Å²) in [4.78, 5) is 13.8. The second kappa shape index (κ2) is 5.27. The van der Waals surface area contributed by atoms with Crippen molar-refractivity contribution in [2.75, 3.05) is 11.1 Å². The van der Waals surface area contributed by atoms with Gasteiger partial charge in [0.15, 0.2) is 0 Å². The molecule has 0 aliphatic heterocycles. The van der Waals surface area contributed by atoms with Crippen molar-refractivity contribution in [3.05, 3.63) is 52.1 Å². The number of hydrogen-bond donors (Lipinski definition) is 2. The van der Waals surface area contributed by atoms with Gasteiger partial charge in [-0.15, -0.1) is 0 Å². The second-order valence-electron chi connectivity index (χ2n) is 4.10. The van der Waals surface area contributed by atoms with E-state index in [1.54, 1.807) is 0 Å². The molecule has 0 atom stereocenters. The van der Waals surface area contributed by atoms with Crippen molar-refractivity contribution in [1.29, 1.82) is 0 Å². The summed E-state index contributed by atoms with van der Waals surface area (Å²) in [6.07, 6.45) is -4.48. The molecule has 0 unspecified atom stereocenters. The molecule has 0 aliphatic rings. The Morgan fingerprint density at radius 2 is 1.95 bits per heavy atom. The van der Waals surface area contributed by atoms with E-state index in [1.807, 2.05) is 0 Å². The molecular weight excluding hydrogens is 289 g/mol. The number of nitro groups is 1. The number of halogens is 3. The zero-order valence-electron chi connectivity index (χ0n) is 10.4. The van der Waals surface area contributed by atoms with E-state index in [4.69, 9.17) is 5.73 Å². The molecule has 1 aromatic heterocycles. The third-order valence-corrected chi connectivity index (χ3v) is 2.50. The molecule has 0 fully saturated rings. The molecule has 2 rings (SSSR count). The molecule has 6 nitrogen and oxygen atoms in total. The summed E-state index contributed by atoms with van der Waals surface area (Å²) in [5.41, 5.74) is 4.36. The van der Waals surface area contributed by atoms with Crippen LogP contribution in [-0.4, -0.2) is 9.91 Å². The van der Waals surface area contributed by atoms with Gasteiger partial charge in [0.05, 0.1) is 22.6 Å². The van der Waals surface area contributed by atoms with Gasteiger partial charge in [-0.25, -0.2) is 4.98 Å². The largest absolute Gasteiger partial charge is 0.416 e. The second-order valence-corrected chi connectivity index (χ2v) is 4.10. The fourth-order valence-corrected chi connectivity index (χ4v) is 1.63. The van der Waals surface area contributed by atoms with Crippen molar-refractivity contribution in [1.82, 2.24) is 4.98 Å². The first kappa shape index (κ1) is 14.6. The SMILES string of the molecule is Nc1cc([N+](=O)[O-])cc(Nc2cccc(C(F)(F)F)c2)n1. The third kappa shape index (κ3) is 3.59. The number of pyridine rings is 1. The van der Waals surface area contributed by atoms with Crippen LogP contribution < -0.4 is 11.1 Å². The minimum Gasteiger partial charge on any atom is -0.383 e. The molecule has 2 aromatic rings. The number of nitrogens with one attached hydrogen (secondary N) is 1. The van der Waals surface area contributed by atoms with E-state index in [0.717, 1.165) is 24.3 Å². The highest BCUT2D eigenvalue weighted by molar-refractivity contribution is 5.62. The molecule has 1 aromatic carbocycles. The van der Waals surface area contributed by atoms with Crippen molar-refractivity contribution in [3.8, 4) is 0 Å². The van der Waals surface area contributed by atoms with Crippen LogP contribution in [0.15, 0.2) is 36.4 Å². The van der Waals surface area contributed by atoms with Crippen molar-refractivity contribution in [2.24, 2.45) is 0 Å². The molecule has 9 heteroatoms. The van der Waals surface area contributed by atoms with E-state index in [0.29, 0.717) is 0 Å². The lowest BCUT2D eigenvalue weighted by molar-refractivity contribution is -0.384. The highest BCUT2D eigenvalue weighted by Gasteiger charge is 2.30. The molecule has 110 valence electrons. The number of nitrogens with two attached hydrogens (primary N) is 1. The van der Waals surface area contributed by atoms with Crippen molar-refractivity contribution in [3.63, 3.8) is 0 Å². The fraction of sp³-hybridized carbons (Fsp3) is 0.0833. The fourth-order valence-electron chi connectivity index (χ4n) is 1.63. The van der Waals surface area contributed by atoms with Crippen LogP contribution in [0.3, 0.4) is 0 Å². The molecule has 0 spiro atoms. The van der Waals surface area contributed by atoms with Gasteiger partial charge in [-0.05, 0) is 18.2 Å². The van der Waals surface area contributed by atoms with Crippen LogP contribution in [0.4, 0.5) is 36.2 Å². The molecule has 21 heavy (non-hydrogen) atoms. The van der Waals surface area contributed by atoms with Crippen LogP contribution >= 0.6 is 0 Å². The zero-order chi connectivity index (χ0) is 15.6. The Kier molecular flexibility index (Phi) is 3.66. The van der Waals surface area contributed by atoms with Gasteiger partial charge in [-0.1, -0.05) is 6.07 Å². The monoisotopic (exact) mass is 298 g/mol. The van der Waals surface area contributed by atoms with Gasteiger partial charge in [0.1, 0.15) is 11.6 Å². The lowest BCUT2D eigenvalue weighted by atomic mass is 10.2. The number of rotatable bonds is 3. The first-order valence-corrected chi connectivity index (χ1v) is 5.62. The summed E-state index contributed by atoms with van der Waals surface area (Å²) in [6, 6.07) is 6.52. The molecule has 1 heterocycles. The Morgan fingerprint density at radius 1 is 1.24 bits per heavy atom. The predicted octanol–water partition coefficient (Wildman–Crippen LogP) is 3.33. The van der Waals surface area contributed by atoms with Crippen LogP contribution in [0.1, 0.15) is 5.56 Å². The number of nitrogens with zero attached hydrogens (tertiary/aromatic N) is 2. The van der Waals surface area contributed by atoms with Crippen LogP contribution in [0.5, 0.6) is 0 Å². The van der Waals surface area contributed by atoms with Crippen molar-refractivity contribution >= 4 is 23.0 Å². The predicted molar refractivity (Wildman–Crippen MR) is 70.0 cm³/mol. The van der Waals surface area contributed by atoms with Crippen molar-refractivity contribution < 1.29 is 18.1 Å². The first-order chi connectivity index (χ1) is 9.75. The Bertz CT molecular complexity index is 688. The molecule has 0 aliphatic carbocycles. The average Bonchev–Trinajstić information content (AvgIpc) is 2.37. The van der Waals surface area contributed by atoms with Gasteiger partial charge in [0.25, 0.3) is 5.69 Å². The van der Waals surface area contributed by atoms with Gasteiger partial charge in [0.2, 0.25) is 0 Å². The highest BCUT2D eigenvalue weighted by Crippen LogP contribution is 2.31. The molecule has 0 saturated carbocycles. The maximum atomic E-state index is 12.6. The van der Waals surface area contributed by atoms with Crippen LogP contribution in [-0.2, 0) is 6.18 Å². The summed E-state index contributed by atoms with van der Waals surface area (Å²) >= 11 is 0. The normalized spacial score (nSPS) is 11.2. The summed E-state index contributed by atoms with van der Waals surface area (Å²) in [5.74, 6) is -0.125. The summed E-state index contributed by atoms with van der Waals surface area (Å²) in [7, 11) is 0. The number of alkyl halides is 3. The number of hydrogen-bond acceptors (Lipinski definition) is 5. The summed E-state index contributed by atoms with van der Waals surface area (Å²) in [6.45, 7) is 0. The first-order valence-electron chi connectivity index (χ1n) is 5.62. The van der Waals surface area contributed by atoms with Crippen LogP contribution in [0.25, 0.3) is 0 Å². The summed E-state index contributed by atoms with van der Waals surface area (Å²) < 4.78 is 37.8. The van der Waals surface area contributed by atoms with Crippen molar-refractivity contribution in [2.45, 2.75) is 6.18 Å². The van der Waals surface area contributed by atoms with Crippen LogP contribution in [0.2, 0.25) is 0 Å². The van der Waals surface area contributed by atoms with E-state index >= 15 is 0 Å². The van der Waals surface area contributed by atoms with Gasteiger partial charge in [-0.2, -0.15) is 13.2 Å². The number of nitrogen functional groups attached to an aromatic ring is 1. The molecule has 0 saturated heterocycles. The van der Waals surface area contributed by atoms with Gasteiger partial charge in [-0.3, -0.25) is 10.1 Å². The van der Waals surface area contributed by atoms with Gasteiger partial charge < -0.3 is 11.1 Å². The van der Waals surface area contributed by atoms with Gasteiger partial charge >= 0.3 is 6.18 Å². The highest BCUT2D eigenvalue weighted by atomic mass is 19.4.